The van der Waals surface area contributed by atoms with Crippen molar-refractivity contribution < 1.29 is 0 Å². The molecular weight excluding hydrogens is 258 g/mol. The first-order valence-electron chi connectivity index (χ1n) is 8.10. The maximum Gasteiger partial charge on any atom is 0.0815 e. The van der Waals surface area contributed by atoms with E-state index in [-0.39, 0.29) is 0 Å². The molecular formula is C18H25N3. The number of nitrogens with one attached hydrogen (secondary N) is 1. The number of rotatable bonds is 5. The summed E-state index contributed by atoms with van der Waals surface area (Å²) >= 11 is 0. The molecule has 1 saturated carbocycles. The molecule has 1 aromatic carbocycles. The van der Waals surface area contributed by atoms with E-state index in [2.05, 4.69) is 60.4 Å². The van der Waals surface area contributed by atoms with Gasteiger partial charge in [0.1, 0.15) is 0 Å². The van der Waals surface area contributed by atoms with Crippen molar-refractivity contribution in [3.8, 4) is 0 Å². The van der Waals surface area contributed by atoms with Crippen molar-refractivity contribution in [2.75, 3.05) is 5.32 Å². The number of benzene rings is 1. The summed E-state index contributed by atoms with van der Waals surface area (Å²) in [6.07, 6.45) is 7.40. The monoisotopic (exact) mass is 283 g/mol. The van der Waals surface area contributed by atoms with Crippen LogP contribution in [0.25, 0.3) is 0 Å². The second kappa shape index (κ2) is 6.33. The second-order valence-electron chi connectivity index (χ2n) is 6.36. The Bertz CT molecular complexity index is 580. The molecule has 1 aromatic heterocycles. The SMILES string of the molecule is CC(C)c1cccc(NCc2ccn(C3CCCC3)n2)c1. The van der Waals surface area contributed by atoms with Crippen LogP contribution in [0, 0.1) is 0 Å². The second-order valence-corrected chi connectivity index (χ2v) is 6.36. The summed E-state index contributed by atoms with van der Waals surface area (Å²) in [5.74, 6) is 0.563. The van der Waals surface area contributed by atoms with Gasteiger partial charge in [-0.15, -0.1) is 0 Å². The Morgan fingerprint density at radius 2 is 2.05 bits per heavy atom. The third-order valence-corrected chi connectivity index (χ3v) is 4.39. The van der Waals surface area contributed by atoms with Crippen LogP contribution < -0.4 is 5.32 Å². The molecule has 3 rings (SSSR count). The highest BCUT2D eigenvalue weighted by atomic mass is 15.3. The highest BCUT2D eigenvalue weighted by Gasteiger charge is 2.17. The van der Waals surface area contributed by atoms with Crippen molar-refractivity contribution in [3.05, 3.63) is 47.8 Å². The van der Waals surface area contributed by atoms with E-state index in [4.69, 9.17) is 5.10 Å². The maximum absolute atomic E-state index is 4.72. The Morgan fingerprint density at radius 3 is 2.81 bits per heavy atom. The van der Waals surface area contributed by atoms with Gasteiger partial charge < -0.3 is 5.32 Å². The van der Waals surface area contributed by atoms with Crippen molar-refractivity contribution >= 4 is 5.69 Å². The summed E-state index contributed by atoms with van der Waals surface area (Å²) in [6, 6.07) is 11.4. The summed E-state index contributed by atoms with van der Waals surface area (Å²) in [5, 5.41) is 8.20. The molecule has 112 valence electrons. The third kappa shape index (κ3) is 3.46. The molecule has 2 aromatic rings. The van der Waals surface area contributed by atoms with Crippen LogP contribution >= 0.6 is 0 Å². The van der Waals surface area contributed by atoms with E-state index in [9.17, 15) is 0 Å². The van der Waals surface area contributed by atoms with Crippen LogP contribution in [0.1, 0.15) is 62.7 Å². The fraction of sp³-hybridized carbons (Fsp3) is 0.500. The molecule has 21 heavy (non-hydrogen) atoms. The molecule has 0 amide bonds. The molecule has 3 nitrogen and oxygen atoms in total. The van der Waals surface area contributed by atoms with Crippen LogP contribution in [-0.2, 0) is 6.54 Å². The van der Waals surface area contributed by atoms with Gasteiger partial charge in [-0.05, 0) is 42.5 Å². The molecule has 0 bridgehead atoms. The van der Waals surface area contributed by atoms with Crippen LogP contribution in [0.3, 0.4) is 0 Å². The van der Waals surface area contributed by atoms with Gasteiger partial charge >= 0.3 is 0 Å². The molecule has 0 saturated heterocycles. The summed E-state index contributed by atoms with van der Waals surface area (Å²) in [6.45, 7) is 5.24. The minimum Gasteiger partial charge on any atom is -0.379 e. The van der Waals surface area contributed by atoms with Crippen molar-refractivity contribution in [2.24, 2.45) is 0 Å². The predicted molar refractivity (Wildman–Crippen MR) is 87.6 cm³/mol. The molecule has 1 fully saturated rings. The largest absolute Gasteiger partial charge is 0.379 e. The lowest BCUT2D eigenvalue weighted by Gasteiger charge is -2.10. The van der Waals surface area contributed by atoms with Gasteiger partial charge in [0.2, 0.25) is 0 Å². The standard InChI is InChI=1S/C18H25N3/c1-14(2)15-6-5-7-16(12-15)19-13-17-10-11-21(20-17)18-8-3-4-9-18/h5-7,10-12,14,18-19H,3-4,8-9,13H2,1-2H3. The predicted octanol–water partition coefficient (Wildman–Crippen LogP) is 4.73. The van der Waals surface area contributed by atoms with Gasteiger partial charge in [0.05, 0.1) is 18.3 Å². The number of anilines is 1. The van der Waals surface area contributed by atoms with E-state index in [0.29, 0.717) is 12.0 Å². The average Bonchev–Trinajstić information content (AvgIpc) is 3.16. The lowest BCUT2D eigenvalue weighted by atomic mass is 10.0. The fourth-order valence-corrected chi connectivity index (χ4v) is 3.04. The van der Waals surface area contributed by atoms with Gasteiger partial charge in [-0.2, -0.15) is 5.10 Å². The van der Waals surface area contributed by atoms with E-state index in [0.717, 1.165) is 12.2 Å². The maximum atomic E-state index is 4.72. The van der Waals surface area contributed by atoms with Crippen LogP contribution in [0.2, 0.25) is 0 Å². The number of aromatic nitrogens is 2. The zero-order valence-electron chi connectivity index (χ0n) is 13.0. The molecule has 1 heterocycles. The average molecular weight is 283 g/mol. The van der Waals surface area contributed by atoms with Gasteiger partial charge in [0, 0.05) is 11.9 Å². The summed E-state index contributed by atoms with van der Waals surface area (Å²) < 4.78 is 2.16. The quantitative estimate of drug-likeness (QED) is 0.859. The van der Waals surface area contributed by atoms with Crippen LogP contribution in [0.4, 0.5) is 5.69 Å². The smallest absolute Gasteiger partial charge is 0.0815 e. The third-order valence-electron chi connectivity index (χ3n) is 4.39. The lowest BCUT2D eigenvalue weighted by Crippen LogP contribution is -2.07. The topological polar surface area (TPSA) is 29.9 Å². The lowest BCUT2D eigenvalue weighted by molar-refractivity contribution is 0.463. The van der Waals surface area contributed by atoms with Gasteiger partial charge in [0.25, 0.3) is 0 Å². The van der Waals surface area contributed by atoms with E-state index in [1.54, 1.807) is 0 Å². The van der Waals surface area contributed by atoms with Gasteiger partial charge in [-0.3, -0.25) is 4.68 Å². The first kappa shape index (κ1) is 14.2. The Hall–Kier alpha value is -1.77. The molecule has 0 aliphatic heterocycles. The Morgan fingerprint density at radius 1 is 1.24 bits per heavy atom. The molecule has 0 radical (unpaired) electrons. The van der Waals surface area contributed by atoms with E-state index >= 15 is 0 Å². The summed E-state index contributed by atoms with van der Waals surface area (Å²) in [7, 11) is 0. The zero-order valence-corrected chi connectivity index (χ0v) is 13.0. The number of hydrogen-bond acceptors (Lipinski definition) is 2. The summed E-state index contributed by atoms with van der Waals surface area (Å²) in [4.78, 5) is 0. The first-order valence-corrected chi connectivity index (χ1v) is 8.10. The normalized spacial score (nSPS) is 15.8. The van der Waals surface area contributed by atoms with Crippen LogP contribution in [0.5, 0.6) is 0 Å². The van der Waals surface area contributed by atoms with Crippen molar-refractivity contribution in [3.63, 3.8) is 0 Å². The first-order chi connectivity index (χ1) is 10.2. The van der Waals surface area contributed by atoms with Crippen molar-refractivity contribution in [1.29, 1.82) is 0 Å². The summed E-state index contributed by atoms with van der Waals surface area (Å²) in [5.41, 5.74) is 3.67. The van der Waals surface area contributed by atoms with Crippen LogP contribution in [-0.4, -0.2) is 9.78 Å². The van der Waals surface area contributed by atoms with Gasteiger partial charge in [-0.1, -0.05) is 38.8 Å². The molecule has 3 heteroatoms. The van der Waals surface area contributed by atoms with Crippen LogP contribution in [0.15, 0.2) is 36.5 Å². The number of hydrogen-bond donors (Lipinski definition) is 1. The fourth-order valence-electron chi connectivity index (χ4n) is 3.04. The van der Waals surface area contributed by atoms with Crippen molar-refractivity contribution in [1.82, 2.24) is 9.78 Å². The van der Waals surface area contributed by atoms with E-state index < -0.39 is 0 Å². The Labute approximate surface area is 127 Å². The number of nitrogens with zero attached hydrogens (tertiary/aromatic N) is 2. The molecule has 1 N–H and O–H groups in total. The minimum absolute atomic E-state index is 0.563. The zero-order chi connectivity index (χ0) is 14.7. The highest BCUT2D eigenvalue weighted by molar-refractivity contribution is 5.46. The molecule has 1 aliphatic rings. The van der Waals surface area contributed by atoms with Gasteiger partial charge in [-0.25, -0.2) is 0 Å². The van der Waals surface area contributed by atoms with Gasteiger partial charge in [0.15, 0.2) is 0 Å². The van der Waals surface area contributed by atoms with Crippen molar-refractivity contribution in [2.45, 2.75) is 58.0 Å². The molecule has 0 unspecified atom stereocenters. The molecule has 0 spiro atoms. The highest BCUT2D eigenvalue weighted by Crippen LogP contribution is 2.28. The van der Waals surface area contributed by atoms with E-state index in [1.165, 1.54) is 36.9 Å². The minimum atomic E-state index is 0.563. The Kier molecular flexibility index (Phi) is 4.28. The molecule has 1 aliphatic carbocycles. The van der Waals surface area contributed by atoms with E-state index in [1.807, 2.05) is 0 Å². The molecule has 0 atom stereocenters. The Balaban J connectivity index is 1.61.